The van der Waals surface area contributed by atoms with Gasteiger partial charge in [-0.3, -0.25) is 4.79 Å². The third kappa shape index (κ3) is 12.2. The van der Waals surface area contributed by atoms with Crippen LogP contribution in [0.25, 0.3) is 0 Å². The topological polar surface area (TPSA) is 55.4 Å². The third-order valence-corrected chi connectivity index (χ3v) is 5.81. The van der Waals surface area contributed by atoms with Crippen LogP contribution in [0.5, 0.6) is 0 Å². The van der Waals surface area contributed by atoms with Crippen molar-refractivity contribution in [1.82, 2.24) is 5.32 Å². The van der Waals surface area contributed by atoms with E-state index in [1.165, 1.54) is 82.0 Å². The molecule has 160 valence electrons. The van der Waals surface area contributed by atoms with Crippen LogP contribution in [0, 0.1) is 0 Å². The molecule has 0 aliphatic heterocycles. The van der Waals surface area contributed by atoms with E-state index < -0.39 is 6.04 Å². The van der Waals surface area contributed by atoms with E-state index >= 15 is 0 Å². The first-order valence-corrected chi connectivity index (χ1v) is 12.0. The van der Waals surface area contributed by atoms with Crippen molar-refractivity contribution in [3.8, 4) is 0 Å². The number of ether oxygens (including phenoxy) is 1. The van der Waals surface area contributed by atoms with Crippen molar-refractivity contribution in [3.63, 3.8) is 0 Å². The minimum atomic E-state index is -0.614. The molecule has 0 aliphatic rings. The molecule has 28 heavy (non-hydrogen) atoms. The molecule has 0 aliphatic carbocycles. The van der Waals surface area contributed by atoms with Crippen molar-refractivity contribution in [2.75, 3.05) is 6.61 Å². The van der Waals surface area contributed by atoms with Crippen LogP contribution < -0.4 is 5.32 Å². The van der Waals surface area contributed by atoms with Gasteiger partial charge in [0, 0.05) is 0 Å². The first-order chi connectivity index (χ1) is 13.6. The Labute approximate surface area is 175 Å². The second kappa shape index (κ2) is 16.6. The van der Waals surface area contributed by atoms with Crippen LogP contribution in [0.2, 0.25) is 0 Å². The standard InChI is InChI=1S/C23H39NO3S/c1-3-4-5-6-7-8-9-10-11-12-13-14-15-18-27-23(26)20(2)24-22(25)21-17-16-19-28-21/h16-17,19-20H,3-15,18H2,1-2H3,(H,24,25)/t20-/m0/s1. The van der Waals surface area contributed by atoms with Crippen LogP contribution in [0.3, 0.4) is 0 Å². The van der Waals surface area contributed by atoms with Crippen molar-refractivity contribution in [2.45, 2.75) is 103 Å². The van der Waals surface area contributed by atoms with Gasteiger partial charge in [-0.05, 0) is 24.8 Å². The van der Waals surface area contributed by atoms with Crippen molar-refractivity contribution >= 4 is 23.2 Å². The second-order valence-corrected chi connectivity index (χ2v) is 8.53. The maximum Gasteiger partial charge on any atom is 0.328 e. The van der Waals surface area contributed by atoms with Crippen LogP contribution in [-0.2, 0) is 9.53 Å². The predicted octanol–water partition coefficient (Wildman–Crippen LogP) is 6.50. The fourth-order valence-electron chi connectivity index (χ4n) is 3.15. The Hall–Kier alpha value is -1.36. The molecule has 1 aromatic heterocycles. The Morgan fingerprint density at radius 3 is 1.96 bits per heavy atom. The number of amides is 1. The molecule has 1 heterocycles. The molecular formula is C23H39NO3S. The van der Waals surface area contributed by atoms with E-state index in [0.717, 1.165) is 12.8 Å². The van der Waals surface area contributed by atoms with E-state index in [2.05, 4.69) is 12.2 Å². The van der Waals surface area contributed by atoms with Crippen LogP contribution in [0.4, 0.5) is 0 Å². The first-order valence-electron chi connectivity index (χ1n) is 11.2. The van der Waals surface area contributed by atoms with Gasteiger partial charge in [0.15, 0.2) is 0 Å². The highest BCUT2D eigenvalue weighted by molar-refractivity contribution is 7.12. The quantitative estimate of drug-likeness (QED) is 0.236. The minimum Gasteiger partial charge on any atom is -0.464 e. The smallest absolute Gasteiger partial charge is 0.328 e. The number of rotatable bonds is 17. The minimum absolute atomic E-state index is 0.222. The molecule has 1 atom stereocenters. The van der Waals surface area contributed by atoms with Gasteiger partial charge in [0.2, 0.25) is 0 Å². The number of unbranched alkanes of at least 4 members (excludes halogenated alkanes) is 12. The molecule has 0 aromatic carbocycles. The van der Waals surface area contributed by atoms with Gasteiger partial charge in [-0.25, -0.2) is 4.79 Å². The number of thiophene rings is 1. The normalized spacial score (nSPS) is 11.9. The fraction of sp³-hybridized carbons (Fsp3) is 0.739. The Morgan fingerprint density at radius 1 is 0.929 bits per heavy atom. The average molecular weight is 410 g/mol. The highest BCUT2D eigenvalue weighted by Crippen LogP contribution is 2.12. The lowest BCUT2D eigenvalue weighted by atomic mass is 10.0. The first kappa shape index (κ1) is 24.7. The van der Waals surface area contributed by atoms with Crippen LogP contribution >= 0.6 is 11.3 Å². The molecule has 5 heteroatoms. The van der Waals surface area contributed by atoms with E-state index in [4.69, 9.17) is 4.74 Å². The van der Waals surface area contributed by atoms with Crippen LogP contribution in [-0.4, -0.2) is 24.5 Å². The molecule has 1 N–H and O–H groups in total. The molecule has 0 unspecified atom stereocenters. The summed E-state index contributed by atoms with van der Waals surface area (Å²) in [5, 5.41) is 4.52. The van der Waals surface area contributed by atoms with Gasteiger partial charge >= 0.3 is 5.97 Å². The van der Waals surface area contributed by atoms with E-state index in [0.29, 0.717) is 11.5 Å². The van der Waals surface area contributed by atoms with E-state index in [9.17, 15) is 9.59 Å². The molecule has 4 nitrogen and oxygen atoms in total. The zero-order chi connectivity index (χ0) is 20.5. The van der Waals surface area contributed by atoms with Crippen molar-refractivity contribution < 1.29 is 14.3 Å². The summed E-state index contributed by atoms with van der Waals surface area (Å²) in [6, 6.07) is 2.94. The van der Waals surface area contributed by atoms with Gasteiger partial charge in [-0.1, -0.05) is 90.0 Å². The number of esters is 1. The Morgan fingerprint density at radius 2 is 1.46 bits per heavy atom. The van der Waals surface area contributed by atoms with Crippen molar-refractivity contribution in [1.29, 1.82) is 0 Å². The highest BCUT2D eigenvalue weighted by atomic mass is 32.1. The summed E-state index contributed by atoms with van der Waals surface area (Å²) in [4.78, 5) is 24.5. The monoisotopic (exact) mass is 409 g/mol. The molecule has 0 saturated carbocycles. The number of hydrogen-bond acceptors (Lipinski definition) is 4. The Balaban J connectivity index is 1.88. The molecular weight excluding hydrogens is 370 g/mol. The lowest BCUT2D eigenvalue weighted by Gasteiger charge is -2.12. The van der Waals surface area contributed by atoms with Gasteiger partial charge in [0.1, 0.15) is 6.04 Å². The molecule has 0 radical (unpaired) electrons. The van der Waals surface area contributed by atoms with Gasteiger partial charge < -0.3 is 10.1 Å². The number of hydrogen-bond donors (Lipinski definition) is 1. The van der Waals surface area contributed by atoms with Gasteiger partial charge in [-0.15, -0.1) is 11.3 Å². The average Bonchev–Trinajstić information content (AvgIpc) is 3.23. The molecule has 1 amide bonds. The maximum atomic E-state index is 11.9. The molecule has 0 saturated heterocycles. The SMILES string of the molecule is CCCCCCCCCCCCCCCOC(=O)[C@H](C)NC(=O)c1cccs1. The Bertz CT molecular complexity index is 516. The van der Waals surface area contributed by atoms with Gasteiger partial charge in [-0.2, -0.15) is 0 Å². The van der Waals surface area contributed by atoms with E-state index in [1.54, 1.807) is 13.0 Å². The second-order valence-electron chi connectivity index (χ2n) is 7.58. The summed E-state index contributed by atoms with van der Waals surface area (Å²) >= 11 is 1.36. The summed E-state index contributed by atoms with van der Waals surface area (Å²) < 4.78 is 5.27. The molecule has 0 spiro atoms. The lowest BCUT2D eigenvalue weighted by Crippen LogP contribution is -2.39. The summed E-state index contributed by atoms with van der Waals surface area (Å²) in [6.45, 7) is 4.37. The lowest BCUT2D eigenvalue weighted by molar-refractivity contribution is -0.145. The predicted molar refractivity (Wildman–Crippen MR) is 118 cm³/mol. The largest absolute Gasteiger partial charge is 0.464 e. The molecule has 1 rings (SSSR count). The number of carbonyl (C=O) groups is 2. The summed E-state index contributed by atoms with van der Waals surface area (Å²) in [5.74, 6) is -0.579. The zero-order valence-corrected chi connectivity index (χ0v) is 18.7. The maximum absolute atomic E-state index is 11.9. The summed E-state index contributed by atoms with van der Waals surface area (Å²) in [6.07, 6.45) is 16.8. The van der Waals surface area contributed by atoms with Crippen molar-refractivity contribution in [3.05, 3.63) is 22.4 Å². The summed E-state index contributed by atoms with van der Waals surface area (Å²) in [5.41, 5.74) is 0. The highest BCUT2D eigenvalue weighted by Gasteiger charge is 2.18. The fourth-order valence-corrected chi connectivity index (χ4v) is 3.78. The number of carbonyl (C=O) groups excluding carboxylic acids is 2. The van der Waals surface area contributed by atoms with Crippen LogP contribution in [0.15, 0.2) is 17.5 Å². The van der Waals surface area contributed by atoms with E-state index in [1.807, 2.05) is 11.4 Å². The van der Waals surface area contributed by atoms with Crippen molar-refractivity contribution in [2.24, 2.45) is 0 Å². The van der Waals surface area contributed by atoms with Gasteiger partial charge in [0.25, 0.3) is 5.91 Å². The third-order valence-electron chi connectivity index (χ3n) is 4.94. The molecule has 0 bridgehead atoms. The van der Waals surface area contributed by atoms with Crippen LogP contribution in [0.1, 0.15) is 107 Å². The number of nitrogens with one attached hydrogen (secondary N) is 1. The van der Waals surface area contributed by atoms with E-state index in [-0.39, 0.29) is 11.9 Å². The molecule has 0 fully saturated rings. The molecule has 1 aromatic rings. The Kier molecular flexibility index (Phi) is 14.6. The van der Waals surface area contributed by atoms with Gasteiger partial charge in [0.05, 0.1) is 11.5 Å². The zero-order valence-electron chi connectivity index (χ0n) is 17.8. The summed E-state index contributed by atoms with van der Waals surface area (Å²) in [7, 11) is 0.